The average molecular weight is 379 g/mol. The number of rotatable bonds is 10. The molecule has 0 radical (unpaired) electrons. The summed E-state index contributed by atoms with van der Waals surface area (Å²) in [4.78, 5) is -0.372. The second kappa shape index (κ2) is 10.7. The molecule has 0 aromatic heterocycles. The van der Waals surface area contributed by atoms with Crippen LogP contribution in [0, 0.1) is 5.82 Å². The summed E-state index contributed by atoms with van der Waals surface area (Å²) in [6, 6.07) is 2.45. The van der Waals surface area contributed by atoms with Gasteiger partial charge in [0.2, 0.25) is 10.0 Å². The maximum absolute atomic E-state index is 13.5. The summed E-state index contributed by atoms with van der Waals surface area (Å²) in [5.74, 6) is -1.89. The second-order valence-corrected chi connectivity index (χ2v) is 5.88. The molecule has 134 valence electrons. The monoisotopic (exact) mass is 378 g/mol. The second-order valence-electron chi connectivity index (χ2n) is 4.11. The van der Waals surface area contributed by atoms with Gasteiger partial charge in [0, 0.05) is 26.7 Å². The lowest BCUT2D eigenvalue weighted by atomic mass is 10.3. The third kappa shape index (κ3) is 7.84. The van der Waals surface area contributed by atoms with E-state index in [0.717, 1.165) is 12.1 Å². The standard InChI is InChI=1S/C12H17F3N2O4S.ClH/c1-20-7-6-16-4-5-17-22(18,19)9-2-3-11(10(13)8-9)21-12(14)15;/h2-3,8,12,16-17H,4-7H2,1H3;1H. The molecule has 0 heterocycles. The van der Waals surface area contributed by atoms with Crippen molar-refractivity contribution in [2.24, 2.45) is 0 Å². The Morgan fingerprint density at radius 2 is 1.91 bits per heavy atom. The van der Waals surface area contributed by atoms with Crippen molar-refractivity contribution >= 4 is 22.4 Å². The van der Waals surface area contributed by atoms with Gasteiger partial charge in [0.05, 0.1) is 11.5 Å². The quantitative estimate of drug-likeness (QED) is 0.601. The third-order valence-electron chi connectivity index (χ3n) is 2.51. The number of ether oxygens (including phenoxy) is 2. The van der Waals surface area contributed by atoms with Crippen LogP contribution in [-0.4, -0.2) is 48.4 Å². The number of hydrogen-bond acceptors (Lipinski definition) is 5. The number of alkyl halides is 2. The summed E-state index contributed by atoms with van der Waals surface area (Å²) in [6.07, 6.45) is 0. The topological polar surface area (TPSA) is 76.7 Å². The smallest absolute Gasteiger partial charge is 0.387 e. The van der Waals surface area contributed by atoms with Crippen LogP contribution in [0.2, 0.25) is 0 Å². The molecule has 1 rings (SSSR count). The summed E-state index contributed by atoms with van der Waals surface area (Å²) < 4.78 is 72.2. The van der Waals surface area contributed by atoms with Gasteiger partial charge in [0.15, 0.2) is 11.6 Å². The van der Waals surface area contributed by atoms with E-state index in [1.165, 1.54) is 0 Å². The molecule has 0 amide bonds. The molecule has 6 nitrogen and oxygen atoms in total. The Balaban J connectivity index is 0.00000484. The van der Waals surface area contributed by atoms with Gasteiger partial charge in [-0.3, -0.25) is 0 Å². The van der Waals surface area contributed by atoms with Crippen molar-refractivity contribution in [2.45, 2.75) is 11.5 Å². The van der Waals surface area contributed by atoms with Crippen molar-refractivity contribution in [2.75, 3.05) is 33.4 Å². The average Bonchev–Trinajstić information content (AvgIpc) is 2.44. The number of halogens is 4. The Labute approximate surface area is 138 Å². The third-order valence-corrected chi connectivity index (χ3v) is 3.97. The zero-order valence-electron chi connectivity index (χ0n) is 12.2. The summed E-state index contributed by atoms with van der Waals surface area (Å²) in [6.45, 7) is -1.69. The predicted molar refractivity (Wildman–Crippen MR) is 80.2 cm³/mol. The van der Waals surface area contributed by atoms with Crippen molar-refractivity contribution in [1.29, 1.82) is 0 Å². The summed E-state index contributed by atoms with van der Waals surface area (Å²) in [7, 11) is -2.38. The number of sulfonamides is 1. The van der Waals surface area contributed by atoms with Crippen LogP contribution < -0.4 is 14.8 Å². The normalized spacial score (nSPS) is 11.3. The van der Waals surface area contributed by atoms with Gasteiger partial charge in [0.1, 0.15) is 0 Å². The van der Waals surface area contributed by atoms with Crippen LogP contribution in [0.3, 0.4) is 0 Å². The molecule has 23 heavy (non-hydrogen) atoms. The van der Waals surface area contributed by atoms with Gasteiger partial charge in [-0.2, -0.15) is 8.78 Å². The van der Waals surface area contributed by atoms with Crippen LogP contribution >= 0.6 is 12.4 Å². The van der Waals surface area contributed by atoms with Crippen LogP contribution in [0.15, 0.2) is 23.1 Å². The molecular weight excluding hydrogens is 361 g/mol. The molecule has 0 saturated carbocycles. The molecule has 1 aromatic rings. The first-order valence-corrected chi connectivity index (χ1v) is 7.79. The summed E-state index contributed by atoms with van der Waals surface area (Å²) in [5.41, 5.74) is 0. The van der Waals surface area contributed by atoms with Gasteiger partial charge < -0.3 is 14.8 Å². The van der Waals surface area contributed by atoms with Crippen molar-refractivity contribution in [3.8, 4) is 5.75 Å². The first-order chi connectivity index (χ1) is 10.4. The Hall–Kier alpha value is -1.07. The molecule has 0 aliphatic heterocycles. The number of hydrogen-bond donors (Lipinski definition) is 2. The van der Waals surface area contributed by atoms with E-state index in [2.05, 4.69) is 14.8 Å². The van der Waals surface area contributed by atoms with Gasteiger partial charge >= 0.3 is 6.61 Å². The van der Waals surface area contributed by atoms with Gasteiger partial charge in [-0.1, -0.05) is 0 Å². The molecule has 0 atom stereocenters. The molecule has 2 N–H and O–H groups in total. The van der Waals surface area contributed by atoms with Crippen LogP contribution in [0.25, 0.3) is 0 Å². The fourth-order valence-corrected chi connectivity index (χ4v) is 2.54. The maximum atomic E-state index is 13.5. The van der Waals surface area contributed by atoms with E-state index in [0.29, 0.717) is 25.8 Å². The van der Waals surface area contributed by atoms with E-state index >= 15 is 0 Å². The molecule has 0 bridgehead atoms. The maximum Gasteiger partial charge on any atom is 0.387 e. The summed E-state index contributed by atoms with van der Waals surface area (Å²) in [5, 5.41) is 2.92. The van der Waals surface area contributed by atoms with Crippen molar-refractivity contribution < 1.29 is 31.1 Å². The Morgan fingerprint density at radius 1 is 1.22 bits per heavy atom. The Bertz CT molecular complexity index is 575. The van der Waals surface area contributed by atoms with Crippen molar-refractivity contribution in [3.63, 3.8) is 0 Å². The fourth-order valence-electron chi connectivity index (χ4n) is 1.50. The van der Waals surface area contributed by atoms with E-state index in [9.17, 15) is 21.6 Å². The molecule has 1 aromatic carbocycles. The predicted octanol–water partition coefficient (Wildman–Crippen LogP) is 1.36. The highest BCUT2D eigenvalue weighted by molar-refractivity contribution is 7.89. The van der Waals surface area contributed by atoms with Gasteiger partial charge in [-0.15, -0.1) is 12.4 Å². The van der Waals surface area contributed by atoms with Crippen molar-refractivity contribution in [1.82, 2.24) is 10.0 Å². The number of nitrogens with one attached hydrogen (secondary N) is 2. The van der Waals surface area contributed by atoms with E-state index in [4.69, 9.17) is 4.74 Å². The first kappa shape index (κ1) is 21.9. The van der Waals surface area contributed by atoms with E-state index in [1.54, 1.807) is 7.11 Å². The molecule has 11 heteroatoms. The summed E-state index contributed by atoms with van der Waals surface area (Å²) >= 11 is 0. The number of methoxy groups -OCH3 is 1. The van der Waals surface area contributed by atoms with Crippen LogP contribution in [0.5, 0.6) is 5.75 Å². The zero-order valence-corrected chi connectivity index (χ0v) is 13.9. The van der Waals surface area contributed by atoms with Gasteiger partial charge in [0.25, 0.3) is 0 Å². The van der Waals surface area contributed by atoms with Crippen molar-refractivity contribution in [3.05, 3.63) is 24.0 Å². The van der Waals surface area contributed by atoms with E-state index in [-0.39, 0.29) is 23.8 Å². The van der Waals surface area contributed by atoms with E-state index < -0.39 is 28.2 Å². The largest absolute Gasteiger partial charge is 0.432 e. The lowest BCUT2D eigenvalue weighted by Gasteiger charge is -2.10. The molecule has 0 aliphatic carbocycles. The highest BCUT2D eigenvalue weighted by atomic mass is 35.5. The molecule has 0 saturated heterocycles. The first-order valence-electron chi connectivity index (χ1n) is 6.30. The Morgan fingerprint density at radius 3 is 2.48 bits per heavy atom. The minimum Gasteiger partial charge on any atom is -0.432 e. The molecular formula is C12H18ClF3N2O4S. The highest BCUT2D eigenvalue weighted by Gasteiger charge is 2.17. The SMILES string of the molecule is COCCNCCNS(=O)(=O)c1ccc(OC(F)F)c(F)c1.Cl. The van der Waals surface area contributed by atoms with Gasteiger partial charge in [-0.05, 0) is 18.2 Å². The Kier molecular flexibility index (Phi) is 10.2. The minimum absolute atomic E-state index is 0. The van der Waals surface area contributed by atoms with Crippen LogP contribution in [-0.2, 0) is 14.8 Å². The minimum atomic E-state index is -3.93. The molecule has 0 fully saturated rings. The molecule has 0 aliphatic rings. The molecule has 0 spiro atoms. The lowest BCUT2D eigenvalue weighted by Crippen LogP contribution is -2.33. The molecule has 0 unspecified atom stereocenters. The fraction of sp³-hybridized carbons (Fsp3) is 0.500. The van der Waals surface area contributed by atoms with Crippen LogP contribution in [0.4, 0.5) is 13.2 Å². The highest BCUT2D eigenvalue weighted by Crippen LogP contribution is 2.22. The lowest BCUT2D eigenvalue weighted by molar-refractivity contribution is -0.0522. The number of benzene rings is 1. The van der Waals surface area contributed by atoms with Gasteiger partial charge in [-0.25, -0.2) is 17.5 Å². The van der Waals surface area contributed by atoms with E-state index in [1.807, 2.05) is 0 Å². The zero-order chi connectivity index (χ0) is 16.6. The van der Waals surface area contributed by atoms with Crippen LogP contribution in [0.1, 0.15) is 0 Å².